The standard InChI is InChI=1S/C14H21NO4/c16-13(15-8-4-2-1-3-5-8)11-9-6-7-10(19-9)12(11)14(17)18/h8-12H,1-7H2,(H,15,16)(H,17,18)/p-1/t9-,10+,11-,12-/m0/s1. The highest BCUT2D eigenvalue weighted by molar-refractivity contribution is 5.86. The van der Waals surface area contributed by atoms with Gasteiger partial charge in [0.1, 0.15) is 0 Å². The number of amides is 1. The number of hydrogen-bond acceptors (Lipinski definition) is 4. The lowest BCUT2D eigenvalue weighted by Crippen LogP contribution is -2.50. The molecule has 3 fully saturated rings. The Morgan fingerprint density at radius 1 is 0.947 bits per heavy atom. The van der Waals surface area contributed by atoms with Crippen LogP contribution in [0.25, 0.3) is 0 Å². The predicted octanol–water partition coefficient (Wildman–Crippen LogP) is -0.0212. The van der Waals surface area contributed by atoms with Crippen LogP contribution in [0.4, 0.5) is 0 Å². The molecule has 0 aromatic rings. The number of hydrogen-bond donors (Lipinski definition) is 1. The van der Waals surface area contributed by atoms with Crippen molar-refractivity contribution in [1.29, 1.82) is 0 Å². The summed E-state index contributed by atoms with van der Waals surface area (Å²) in [5.74, 6) is -2.60. The number of carboxylic acids is 1. The van der Waals surface area contributed by atoms with Gasteiger partial charge < -0.3 is 20.0 Å². The van der Waals surface area contributed by atoms with Crippen molar-refractivity contribution in [3.8, 4) is 0 Å². The van der Waals surface area contributed by atoms with E-state index in [1.165, 1.54) is 6.42 Å². The van der Waals surface area contributed by atoms with E-state index in [1.807, 2.05) is 0 Å². The van der Waals surface area contributed by atoms with Gasteiger partial charge in [-0.15, -0.1) is 0 Å². The maximum atomic E-state index is 12.3. The van der Waals surface area contributed by atoms with Gasteiger partial charge in [-0.05, 0) is 25.7 Å². The van der Waals surface area contributed by atoms with Crippen molar-refractivity contribution < 1.29 is 19.4 Å². The summed E-state index contributed by atoms with van der Waals surface area (Å²) < 4.78 is 5.59. The highest BCUT2D eigenvalue weighted by atomic mass is 16.5. The average molecular weight is 266 g/mol. The number of carboxylic acid groups (broad SMARTS) is 1. The zero-order valence-electron chi connectivity index (χ0n) is 11.0. The van der Waals surface area contributed by atoms with Crippen LogP contribution in [-0.4, -0.2) is 30.1 Å². The molecule has 1 saturated carbocycles. The van der Waals surface area contributed by atoms with Crippen LogP contribution in [0, 0.1) is 11.8 Å². The topological polar surface area (TPSA) is 78.5 Å². The molecule has 106 valence electrons. The number of aliphatic carboxylic acids is 1. The molecule has 0 aromatic heterocycles. The Hall–Kier alpha value is -1.10. The third-order valence-corrected chi connectivity index (χ3v) is 4.80. The molecular weight excluding hydrogens is 246 g/mol. The summed E-state index contributed by atoms with van der Waals surface area (Å²) in [6.45, 7) is 0. The summed E-state index contributed by atoms with van der Waals surface area (Å²) in [5, 5.41) is 14.2. The van der Waals surface area contributed by atoms with Crippen LogP contribution in [0.2, 0.25) is 0 Å². The highest BCUT2D eigenvalue weighted by Crippen LogP contribution is 2.43. The van der Waals surface area contributed by atoms with Crippen LogP contribution in [0.5, 0.6) is 0 Å². The second-order valence-electron chi connectivity index (χ2n) is 6.00. The van der Waals surface area contributed by atoms with E-state index in [4.69, 9.17) is 4.74 Å². The lowest BCUT2D eigenvalue weighted by atomic mass is 9.78. The second-order valence-corrected chi connectivity index (χ2v) is 6.00. The molecule has 0 unspecified atom stereocenters. The Balaban J connectivity index is 1.66. The van der Waals surface area contributed by atoms with Crippen LogP contribution in [0.1, 0.15) is 44.9 Å². The number of carbonyl (C=O) groups excluding carboxylic acids is 2. The van der Waals surface area contributed by atoms with E-state index in [1.54, 1.807) is 0 Å². The minimum absolute atomic E-state index is 0.145. The first-order chi connectivity index (χ1) is 9.16. The van der Waals surface area contributed by atoms with Gasteiger partial charge in [-0.3, -0.25) is 4.79 Å². The minimum Gasteiger partial charge on any atom is -0.550 e. The Kier molecular flexibility index (Phi) is 3.48. The molecular formula is C14H20NO4-. The molecule has 4 atom stereocenters. The van der Waals surface area contributed by atoms with Gasteiger partial charge in [-0.1, -0.05) is 19.3 Å². The molecule has 2 saturated heterocycles. The molecule has 2 heterocycles. The summed E-state index contributed by atoms with van der Waals surface area (Å²) in [4.78, 5) is 23.6. The van der Waals surface area contributed by atoms with Gasteiger partial charge in [0.15, 0.2) is 0 Å². The van der Waals surface area contributed by atoms with Crippen molar-refractivity contribution in [2.24, 2.45) is 11.8 Å². The Labute approximate surface area is 112 Å². The molecule has 0 radical (unpaired) electrons. The predicted molar refractivity (Wildman–Crippen MR) is 64.9 cm³/mol. The highest BCUT2D eigenvalue weighted by Gasteiger charge is 2.52. The summed E-state index contributed by atoms with van der Waals surface area (Å²) in [6.07, 6.45) is 6.49. The molecule has 5 heteroatoms. The van der Waals surface area contributed by atoms with Gasteiger partial charge in [0.25, 0.3) is 0 Å². The first kappa shape index (κ1) is 12.9. The van der Waals surface area contributed by atoms with Crippen LogP contribution in [-0.2, 0) is 14.3 Å². The van der Waals surface area contributed by atoms with Crippen LogP contribution in [0.15, 0.2) is 0 Å². The molecule has 19 heavy (non-hydrogen) atoms. The van der Waals surface area contributed by atoms with Crippen LogP contribution < -0.4 is 10.4 Å². The first-order valence-corrected chi connectivity index (χ1v) is 7.33. The number of rotatable bonds is 3. The van der Waals surface area contributed by atoms with E-state index in [0.29, 0.717) is 0 Å². The van der Waals surface area contributed by atoms with Gasteiger partial charge in [0, 0.05) is 17.9 Å². The summed E-state index contributed by atoms with van der Waals surface area (Å²) >= 11 is 0. The Bertz CT molecular complexity index is 378. The van der Waals surface area contributed by atoms with E-state index in [2.05, 4.69) is 5.32 Å². The van der Waals surface area contributed by atoms with Crippen molar-refractivity contribution in [1.82, 2.24) is 5.32 Å². The van der Waals surface area contributed by atoms with Gasteiger partial charge >= 0.3 is 0 Å². The van der Waals surface area contributed by atoms with Crippen molar-refractivity contribution in [2.45, 2.75) is 63.2 Å². The van der Waals surface area contributed by atoms with Crippen molar-refractivity contribution in [3.05, 3.63) is 0 Å². The third kappa shape index (κ3) is 2.36. The Morgan fingerprint density at radius 3 is 2.21 bits per heavy atom. The molecule has 0 spiro atoms. The fourth-order valence-electron chi connectivity index (χ4n) is 3.85. The van der Waals surface area contributed by atoms with Crippen LogP contribution >= 0.6 is 0 Å². The molecule has 2 aliphatic heterocycles. The molecule has 2 bridgehead atoms. The maximum absolute atomic E-state index is 12.3. The van der Waals surface area contributed by atoms with E-state index in [0.717, 1.165) is 38.5 Å². The van der Waals surface area contributed by atoms with Gasteiger partial charge in [0.2, 0.25) is 5.91 Å². The van der Waals surface area contributed by atoms with Crippen LogP contribution in [0.3, 0.4) is 0 Å². The average Bonchev–Trinajstić information content (AvgIpc) is 2.99. The molecule has 3 aliphatic rings. The molecule has 5 nitrogen and oxygen atoms in total. The molecule has 1 aliphatic carbocycles. The molecule has 0 aromatic carbocycles. The number of carbonyl (C=O) groups is 2. The normalized spacial score (nSPS) is 38.3. The lowest BCUT2D eigenvalue weighted by molar-refractivity contribution is -0.314. The zero-order chi connectivity index (χ0) is 13.4. The number of fused-ring (bicyclic) bond motifs is 2. The van der Waals surface area contributed by atoms with Gasteiger partial charge in [-0.25, -0.2) is 0 Å². The van der Waals surface area contributed by atoms with E-state index in [9.17, 15) is 14.7 Å². The maximum Gasteiger partial charge on any atom is 0.226 e. The fourth-order valence-corrected chi connectivity index (χ4v) is 3.85. The smallest absolute Gasteiger partial charge is 0.226 e. The van der Waals surface area contributed by atoms with Gasteiger partial charge in [0.05, 0.1) is 18.1 Å². The van der Waals surface area contributed by atoms with Crippen molar-refractivity contribution >= 4 is 11.9 Å². The number of nitrogens with one attached hydrogen (secondary N) is 1. The summed E-state index contributed by atoms with van der Waals surface area (Å²) in [6, 6.07) is 0.211. The first-order valence-electron chi connectivity index (χ1n) is 7.33. The van der Waals surface area contributed by atoms with Crippen molar-refractivity contribution in [2.75, 3.05) is 0 Å². The minimum atomic E-state index is -1.14. The zero-order valence-corrected chi connectivity index (χ0v) is 11.0. The lowest BCUT2D eigenvalue weighted by Gasteiger charge is -2.30. The molecule has 3 rings (SSSR count). The SMILES string of the molecule is O=C(NC1CCCCC1)[C@@H]1[C@@H](C(=O)[O-])[C@H]2CC[C@@H]1O2. The summed E-state index contributed by atoms with van der Waals surface area (Å²) in [7, 11) is 0. The third-order valence-electron chi connectivity index (χ3n) is 4.80. The fraction of sp³-hybridized carbons (Fsp3) is 0.857. The Morgan fingerprint density at radius 2 is 1.58 bits per heavy atom. The summed E-state index contributed by atoms with van der Waals surface area (Å²) in [5.41, 5.74) is 0. The van der Waals surface area contributed by atoms with E-state index >= 15 is 0 Å². The quantitative estimate of drug-likeness (QED) is 0.778. The van der Waals surface area contributed by atoms with E-state index in [-0.39, 0.29) is 24.2 Å². The van der Waals surface area contributed by atoms with Gasteiger partial charge in [-0.2, -0.15) is 0 Å². The molecule has 1 N–H and O–H groups in total. The number of ether oxygens (including phenoxy) is 1. The molecule has 1 amide bonds. The second kappa shape index (κ2) is 5.12. The largest absolute Gasteiger partial charge is 0.550 e. The van der Waals surface area contributed by atoms with E-state index < -0.39 is 17.8 Å². The van der Waals surface area contributed by atoms with Crippen molar-refractivity contribution in [3.63, 3.8) is 0 Å². The monoisotopic (exact) mass is 266 g/mol.